The Balaban J connectivity index is 0.000000963. The summed E-state index contributed by atoms with van der Waals surface area (Å²) >= 11 is 5.93. The minimum atomic E-state index is 0. The Morgan fingerprint density at radius 1 is 1.44 bits per heavy atom. The number of ether oxygens (including phenoxy) is 1. The number of aliphatic imine (C=N–C) groups is 1. The van der Waals surface area contributed by atoms with Crippen LogP contribution in [0.1, 0.15) is 5.56 Å². The maximum absolute atomic E-state index is 5.93. The second-order valence-electron chi connectivity index (χ2n) is 3.76. The Bertz CT molecular complexity index is 434. The van der Waals surface area contributed by atoms with Gasteiger partial charge in [-0.25, -0.2) is 0 Å². The first kappa shape index (κ1) is 11.6. The molecule has 0 fully saturated rings. The molecule has 1 unspecified atom stereocenters. The van der Waals surface area contributed by atoms with Crippen molar-refractivity contribution in [2.45, 2.75) is 12.5 Å². The standard InChI is InChI=1S/C11H11ClN2O.ClH/c12-8-1-2-9-7(5-8)6-10(15-9)11-13-3-4-14-11;/h1-2,5,10H,3-4,6H2,(H,13,14);1H. The van der Waals surface area contributed by atoms with Gasteiger partial charge in [0.15, 0.2) is 6.10 Å². The number of hydrogen-bond donors (Lipinski definition) is 1. The number of fused-ring (bicyclic) bond motifs is 1. The number of halogens is 2. The van der Waals surface area contributed by atoms with Gasteiger partial charge >= 0.3 is 0 Å². The lowest BCUT2D eigenvalue weighted by Crippen LogP contribution is -2.34. The fraction of sp³-hybridized carbons (Fsp3) is 0.364. The number of hydrogen-bond acceptors (Lipinski definition) is 3. The highest BCUT2D eigenvalue weighted by atomic mass is 35.5. The summed E-state index contributed by atoms with van der Waals surface area (Å²) in [6, 6.07) is 5.74. The zero-order chi connectivity index (χ0) is 10.3. The summed E-state index contributed by atoms with van der Waals surface area (Å²) in [5.74, 6) is 1.91. The van der Waals surface area contributed by atoms with E-state index < -0.39 is 0 Å². The molecule has 0 spiro atoms. The third kappa shape index (κ3) is 1.97. The van der Waals surface area contributed by atoms with Crippen LogP contribution in [-0.4, -0.2) is 25.0 Å². The third-order valence-corrected chi connectivity index (χ3v) is 2.94. The maximum atomic E-state index is 5.93. The molecule has 0 saturated carbocycles. The molecule has 0 bridgehead atoms. The highest BCUT2D eigenvalue weighted by Crippen LogP contribution is 2.31. The van der Waals surface area contributed by atoms with Crippen LogP contribution < -0.4 is 10.1 Å². The Hall–Kier alpha value is -0.930. The molecule has 1 atom stereocenters. The van der Waals surface area contributed by atoms with Gasteiger partial charge in [0.25, 0.3) is 0 Å². The van der Waals surface area contributed by atoms with E-state index in [1.807, 2.05) is 18.2 Å². The number of nitrogens with one attached hydrogen (secondary N) is 1. The zero-order valence-electron chi connectivity index (χ0n) is 8.57. The van der Waals surface area contributed by atoms with Crippen molar-refractivity contribution in [2.24, 2.45) is 4.99 Å². The maximum Gasteiger partial charge on any atom is 0.159 e. The van der Waals surface area contributed by atoms with E-state index in [1.165, 1.54) is 5.56 Å². The number of rotatable bonds is 1. The predicted molar refractivity (Wildman–Crippen MR) is 67.1 cm³/mol. The monoisotopic (exact) mass is 258 g/mol. The SMILES string of the molecule is Cl.Clc1ccc2c(c1)CC(C1=NCCN1)O2. The molecule has 3 nitrogen and oxygen atoms in total. The summed E-state index contributed by atoms with van der Waals surface area (Å²) in [6.07, 6.45) is 0.919. The van der Waals surface area contributed by atoms with Crippen LogP contribution in [0, 0.1) is 0 Å². The first-order chi connectivity index (χ1) is 7.33. The highest BCUT2D eigenvalue weighted by molar-refractivity contribution is 6.30. The van der Waals surface area contributed by atoms with Crippen LogP contribution in [0.4, 0.5) is 0 Å². The molecule has 2 heterocycles. The van der Waals surface area contributed by atoms with Gasteiger partial charge in [-0.2, -0.15) is 0 Å². The normalized spacial score (nSPS) is 21.6. The van der Waals surface area contributed by atoms with Gasteiger partial charge in [-0.15, -0.1) is 12.4 Å². The summed E-state index contributed by atoms with van der Waals surface area (Å²) in [4.78, 5) is 4.37. The zero-order valence-corrected chi connectivity index (χ0v) is 10.1. The summed E-state index contributed by atoms with van der Waals surface area (Å²) in [7, 11) is 0. The summed E-state index contributed by atoms with van der Waals surface area (Å²) in [6.45, 7) is 1.78. The van der Waals surface area contributed by atoms with Crippen LogP contribution in [0.5, 0.6) is 5.75 Å². The van der Waals surface area contributed by atoms with Crippen LogP contribution in [0.15, 0.2) is 23.2 Å². The van der Waals surface area contributed by atoms with Crippen molar-refractivity contribution in [3.63, 3.8) is 0 Å². The van der Waals surface area contributed by atoms with E-state index in [0.717, 1.165) is 36.1 Å². The van der Waals surface area contributed by atoms with Gasteiger partial charge in [0.1, 0.15) is 11.6 Å². The van der Waals surface area contributed by atoms with Crippen molar-refractivity contribution < 1.29 is 4.74 Å². The van der Waals surface area contributed by atoms with E-state index in [9.17, 15) is 0 Å². The number of benzene rings is 1. The first-order valence-corrected chi connectivity index (χ1v) is 5.44. The van der Waals surface area contributed by atoms with Crippen molar-refractivity contribution in [2.75, 3.05) is 13.1 Å². The smallest absolute Gasteiger partial charge is 0.159 e. The van der Waals surface area contributed by atoms with E-state index in [0.29, 0.717) is 0 Å². The van der Waals surface area contributed by atoms with E-state index in [-0.39, 0.29) is 18.5 Å². The van der Waals surface area contributed by atoms with Gasteiger partial charge in [0.2, 0.25) is 0 Å². The first-order valence-electron chi connectivity index (χ1n) is 5.06. The quantitative estimate of drug-likeness (QED) is 0.837. The Morgan fingerprint density at radius 2 is 2.31 bits per heavy atom. The second-order valence-corrected chi connectivity index (χ2v) is 4.19. The topological polar surface area (TPSA) is 33.6 Å². The lowest BCUT2D eigenvalue weighted by atomic mass is 10.1. The molecule has 0 saturated heterocycles. The van der Waals surface area contributed by atoms with E-state index in [2.05, 4.69) is 10.3 Å². The molecule has 1 aromatic carbocycles. The molecule has 1 N–H and O–H groups in total. The van der Waals surface area contributed by atoms with Gasteiger partial charge < -0.3 is 10.1 Å². The van der Waals surface area contributed by atoms with Crippen LogP contribution in [-0.2, 0) is 6.42 Å². The fourth-order valence-corrected chi connectivity index (χ4v) is 2.20. The minimum Gasteiger partial charge on any atom is -0.482 e. The molecule has 86 valence electrons. The van der Waals surface area contributed by atoms with Crippen molar-refractivity contribution in [3.8, 4) is 5.75 Å². The average Bonchev–Trinajstić information content (AvgIpc) is 2.84. The van der Waals surface area contributed by atoms with Crippen molar-refractivity contribution in [1.82, 2.24) is 5.32 Å². The van der Waals surface area contributed by atoms with E-state index >= 15 is 0 Å². The van der Waals surface area contributed by atoms with Crippen LogP contribution in [0.3, 0.4) is 0 Å². The van der Waals surface area contributed by atoms with Crippen molar-refractivity contribution in [1.29, 1.82) is 0 Å². The molecule has 0 amide bonds. The van der Waals surface area contributed by atoms with Gasteiger partial charge in [-0.3, -0.25) is 4.99 Å². The molecule has 0 aromatic heterocycles. The fourth-order valence-electron chi connectivity index (χ4n) is 2.00. The van der Waals surface area contributed by atoms with Crippen LogP contribution in [0.2, 0.25) is 5.02 Å². The number of amidine groups is 1. The summed E-state index contributed by atoms with van der Waals surface area (Å²) < 4.78 is 5.79. The Labute approximate surface area is 105 Å². The molecule has 5 heteroatoms. The lowest BCUT2D eigenvalue weighted by Gasteiger charge is -2.10. The minimum absolute atomic E-state index is 0. The predicted octanol–water partition coefficient (Wildman–Crippen LogP) is 2.07. The van der Waals surface area contributed by atoms with Gasteiger partial charge in [0, 0.05) is 18.0 Å². The molecule has 1 aromatic rings. The molecule has 2 aliphatic heterocycles. The third-order valence-electron chi connectivity index (χ3n) is 2.70. The summed E-state index contributed by atoms with van der Waals surface area (Å²) in [5.41, 5.74) is 1.17. The second kappa shape index (κ2) is 4.52. The van der Waals surface area contributed by atoms with Crippen LogP contribution >= 0.6 is 24.0 Å². The molecular weight excluding hydrogens is 247 g/mol. The number of nitrogens with zero attached hydrogens (tertiary/aromatic N) is 1. The van der Waals surface area contributed by atoms with Crippen molar-refractivity contribution >= 4 is 29.8 Å². The van der Waals surface area contributed by atoms with Crippen LogP contribution in [0.25, 0.3) is 0 Å². The largest absolute Gasteiger partial charge is 0.482 e. The summed E-state index contributed by atoms with van der Waals surface area (Å²) in [5, 5.41) is 4.00. The van der Waals surface area contributed by atoms with E-state index in [1.54, 1.807) is 0 Å². The van der Waals surface area contributed by atoms with Crippen molar-refractivity contribution in [3.05, 3.63) is 28.8 Å². The Kier molecular flexibility index (Phi) is 3.26. The molecule has 0 radical (unpaired) electrons. The Morgan fingerprint density at radius 3 is 3.06 bits per heavy atom. The van der Waals surface area contributed by atoms with Gasteiger partial charge in [-0.1, -0.05) is 11.6 Å². The molecular formula is C11H12Cl2N2O. The van der Waals surface area contributed by atoms with Gasteiger partial charge in [-0.05, 0) is 23.8 Å². The molecule has 0 aliphatic carbocycles. The molecule has 16 heavy (non-hydrogen) atoms. The molecule has 3 rings (SSSR count). The average molecular weight is 259 g/mol. The molecule has 2 aliphatic rings. The highest BCUT2D eigenvalue weighted by Gasteiger charge is 2.28. The lowest BCUT2D eigenvalue weighted by molar-refractivity contribution is 0.298. The van der Waals surface area contributed by atoms with Gasteiger partial charge in [0.05, 0.1) is 6.54 Å². The van der Waals surface area contributed by atoms with E-state index in [4.69, 9.17) is 16.3 Å².